The van der Waals surface area contributed by atoms with Crippen molar-refractivity contribution in [1.82, 2.24) is 14.0 Å². The summed E-state index contributed by atoms with van der Waals surface area (Å²) in [4.78, 5) is 19.0. The third-order valence-corrected chi connectivity index (χ3v) is 10.1. The minimum Gasteiger partial charge on any atom is -0.493 e. The number of hydrogen-bond acceptors (Lipinski definition) is 7. The lowest BCUT2D eigenvalue weighted by molar-refractivity contribution is -0.175. The van der Waals surface area contributed by atoms with E-state index in [1.54, 1.807) is 6.07 Å². The fourth-order valence-corrected chi connectivity index (χ4v) is 8.27. The molecule has 4 heterocycles. The largest absolute Gasteiger partial charge is 0.493 e. The summed E-state index contributed by atoms with van der Waals surface area (Å²) in [5, 5.41) is 1.42. The lowest BCUT2D eigenvalue weighted by atomic mass is 9.81. The molecule has 10 heteroatoms. The number of rotatable bonds is 7. The van der Waals surface area contributed by atoms with Crippen molar-refractivity contribution in [2.24, 2.45) is 5.92 Å². The van der Waals surface area contributed by atoms with Crippen LogP contribution in [0.2, 0.25) is 0 Å². The molecule has 0 spiro atoms. The molecule has 0 bridgehead atoms. The fourth-order valence-electron chi connectivity index (χ4n) is 7.06. The van der Waals surface area contributed by atoms with Crippen molar-refractivity contribution in [3.8, 4) is 17.2 Å². The highest BCUT2D eigenvalue weighted by Gasteiger charge is 2.39. The molecular weight excluding hydrogens is 578 g/mol. The summed E-state index contributed by atoms with van der Waals surface area (Å²) in [6.07, 6.45) is 3.18. The number of carbonyl (C=O) groups is 1. The maximum Gasteiger partial charge on any atom is 0.304 e. The Morgan fingerprint density at radius 3 is 2.41 bits per heavy atom. The first kappa shape index (κ1) is 30.6. The molecule has 2 aliphatic rings. The topological polar surface area (TPSA) is 111 Å². The van der Waals surface area contributed by atoms with Gasteiger partial charge in [0.2, 0.25) is 0 Å². The lowest BCUT2D eigenvalue weighted by Crippen LogP contribution is -2.46. The number of pyridine rings is 1. The third kappa shape index (κ3) is 5.95. The minimum absolute atomic E-state index is 0.166. The first-order valence-electron chi connectivity index (χ1n) is 15.3. The van der Waals surface area contributed by atoms with Gasteiger partial charge in [-0.3, -0.25) is 4.79 Å². The van der Waals surface area contributed by atoms with Gasteiger partial charge < -0.3 is 13.9 Å². The monoisotopic (exact) mass is 619 g/mol. The van der Waals surface area contributed by atoms with Crippen LogP contribution in [0.5, 0.6) is 5.75 Å². The van der Waals surface area contributed by atoms with Gasteiger partial charge in [-0.25, -0.2) is 9.71 Å². The molecule has 6 rings (SSSR count). The van der Waals surface area contributed by atoms with Crippen LogP contribution in [0.4, 0.5) is 0 Å². The van der Waals surface area contributed by atoms with Crippen LogP contribution in [0, 0.1) is 19.8 Å². The van der Waals surface area contributed by atoms with E-state index in [9.17, 15) is 13.2 Å². The second-order valence-electron chi connectivity index (χ2n) is 13.5. The van der Waals surface area contributed by atoms with Crippen molar-refractivity contribution in [2.45, 2.75) is 78.4 Å². The maximum absolute atomic E-state index is 14.0. The van der Waals surface area contributed by atoms with E-state index in [0.717, 1.165) is 42.2 Å². The number of para-hydroxylation sites is 1. The van der Waals surface area contributed by atoms with Gasteiger partial charge in [-0.05, 0) is 96.9 Å². The van der Waals surface area contributed by atoms with Gasteiger partial charge in [0.05, 0.1) is 34.3 Å². The Labute approximate surface area is 259 Å². The second kappa shape index (κ2) is 11.2. The van der Waals surface area contributed by atoms with Gasteiger partial charge in [0.25, 0.3) is 5.91 Å². The number of nitrogens with one attached hydrogen (secondary N) is 1. The number of fused-ring (bicyclic) bond motifs is 2. The van der Waals surface area contributed by atoms with Gasteiger partial charge in [-0.2, -0.15) is 12.7 Å². The summed E-state index contributed by atoms with van der Waals surface area (Å²) in [6, 6.07) is 13.1. The number of furan rings is 1. The molecule has 0 atom stereocenters. The molecule has 2 aliphatic heterocycles. The van der Waals surface area contributed by atoms with Crippen molar-refractivity contribution in [3.63, 3.8) is 0 Å². The Balaban J connectivity index is 1.45. The van der Waals surface area contributed by atoms with Gasteiger partial charge in [-0.1, -0.05) is 24.3 Å². The van der Waals surface area contributed by atoms with Gasteiger partial charge >= 0.3 is 10.2 Å². The molecule has 2 aromatic carbocycles. The highest BCUT2D eigenvalue weighted by atomic mass is 32.2. The Morgan fingerprint density at radius 2 is 1.73 bits per heavy atom. The summed E-state index contributed by atoms with van der Waals surface area (Å²) >= 11 is 0. The first-order valence-corrected chi connectivity index (χ1v) is 16.8. The maximum atomic E-state index is 14.0. The van der Waals surface area contributed by atoms with Crippen LogP contribution in [0.25, 0.3) is 33.3 Å². The van der Waals surface area contributed by atoms with Crippen molar-refractivity contribution in [2.75, 3.05) is 19.7 Å². The molecule has 2 aromatic heterocycles. The van der Waals surface area contributed by atoms with Crippen LogP contribution >= 0.6 is 0 Å². The summed E-state index contributed by atoms with van der Waals surface area (Å²) in [7, 11) is -4.03. The highest BCUT2D eigenvalue weighted by molar-refractivity contribution is 7.87. The summed E-state index contributed by atoms with van der Waals surface area (Å²) in [5.74, 6) is 0.505. The Hall–Kier alpha value is -3.47. The minimum atomic E-state index is -4.03. The molecule has 2 saturated heterocycles. The predicted octanol–water partition coefficient (Wildman–Crippen LogP) is 6.70. The normalized spacial score (nSPS) is 19.0. The molecule has 9 nitrogen and oxygen atoms in total. The molecule has 0 aliphatic carbocycles. The molecule has 1 amide bonds. The number of nitrogens with zero attached hydrogens (tertiary/aromatic N) is 2. The number of hydrogen-bond donors (Lipinski definition) is 1. The second-order valence-corrected chi connectivity index (χ2v) is 15.1. The molecule has 44 heavy (non-hydrogen) atoms. The molecule has 1 N–H and O–H groups in total. The zero-order chi connectivity index (χ0) is 31.4. The van der Waals surface area contributed by atoms with E-state index in [2.05, 4.69) is 32.4 Å². The smallest absolute Gasteiger partial charge is 0.304 e. The summed E-state index contributed by atoms with van der Waals surface area (Å²) in [5.41, 5.74) is 3.01. The Kier molecular flexibility index (Phi) is 7.75. The molecule has 234 valence electrons. The van der Waals surface area contributed by atoms with E-state index in [-0.39, 0.29) is 22.7 Å². The van der Waals surface area contributed by atoms with Gasteiger partial charge in [0.15, 0.2) is 5.76 Å². The molecule has 0 unspecified atom stereocenters. The SMILES string of the molecule is Cc1c(-c2cc(C(=O)NS(=O)(=O)N3CCCC3)c3c(OCC4CC(C)(C)OC(C)(C)C4)ccc(C)c3n2)oc2ccccc12. The van der Waals surface area contributed by atoms with Crippen LogP contribution in [-0.4, -0.2) is 54.5 Å². The third-order valence-electron chi connectivity index (χ3n) is 8.66. The van der Waals surface area contributed by atoms with E-state index in [1.807, 2.05) is 50.2 Å². The number of amides is 1. The number of benzene rings is 2. The van der Waals surface area contributed by atoms with Gasteiger partial charge in [0.1, 0.15) is 17.0 Å². The molecule has 4 aromatic rings. The fraction of sp³-hybridized carbons (Fsp3) is 0.471. The zero-order valence-electron chi connectivity index (χ0n) is 26.3. The number of aryl methyl sites for hydroxylation is 2. The van der Waals surface area contributed by atoms with E-state index in [0.29, 0.717) is 53.4 Å². The molecule has 0 radical (unpaired) electrons. The number of carbonyl (C=O) groups excluding carboxylic acids is 1. The van der Waals surface area contributed by atoms with Crippen LogP contribution in [0.3, 0.4) is 0 Å². The van der Waals surface area contributed by atoms with Crippen molar-refractivity contribution in [1.29, 1.82) is 0 Å². The first-order chi connectivity index (χ1) is 20.7. The number of ether oxygens (including phenoxy) is 2. The Morgan fingerprint density at radius 1 is 1.05 bits per heavy atom. The van der Waals surface area contributed by atoms with Crippen molar-refractivity contribution < 1.29 is 27.1 Å². The molecular formula is C34H41N3O6S. The van der Waals surface area contributed by atoms with Crippen LogP contribution < -0.4 is 9.46 Å². The van der Waals surface area contributed by atoms with E-state index in [1.165, 1.54) is 4.31 Å². The molecule has 0 saturated carbocycles. The quantitative estimate of drug-likeness (QED) is 0.245. The summed E-state index contributed by atoms with van der Waals surface area (Å²) in [6.45, 7) is 13.4. The van der Waals surface area contributed by atoms with E-state index in [4.69, 9.17) is 18.9 Å². The van der Waals surface area contributed by atoms with Crippen LogP contribution in [0.1, 0.15) is 74.9 Å². The summed E-state index contributed by atoms with van der Waals surface area (Å²) < 4.78 is 49.0. The van der Waals surface area contributed by atoms with Crippen LogP contribution in [0.15, 0.2) is 46.9 Å². The van der Waals surface area contributed by atoms with E-state index >= 15 is 0 Å². The highest BCUT2D eigenvalue weighted by Crippen LogP contribution is 2.40. The standard InChI is InChI=1S/C34H41N3O6S/c1-21-13-14-28(41-20-23-18-33(3,4)43-34(5,6)19-23)29-25(32(38)36-44(39,40)37-15-9-10-16-37)17-26(35-30(21)29)31-22(2)24-11-7-8-12-27(24)42-31/h7-8,11-14,17,23H,9-10,15-16,18-20H2,1-6H3,(H,36,38). The lowest BCUT2D eigenvalue weighted by Gasteiger charge is -2.45. The predicted molar refractivity (Wildman–Crippen MR) is 171 cm³/mol. The van der Waals surface area contributed by atoms with Crippen molar-refractivity contribution >= 4 is 38.0 Å². The molecule has 2 fully saturated rings. The van der Waals surface area contributed by atoms with E-state index < -0.39 is 16.1 Å². The van der Waals surface area contributed by atoms with Crippen molar-refractivity contribution in [3.05, 3.63) is 59.2 Å². The number of aromatic nitrogens is 1. The van der Waals surface area contributed by atoms with Crippen LogP contribution in [-0.2, 0) is 14.9 Å². The van der Waals surface area contributed by atoms with Gasteiger partial charge in [0, 0.05) is 24.0 Å². The Bertz CT molecular complexity index is 1840. The average molecular weight is 620 g/mol. The average Bonchev–Trinajstić information content (AvgIpc) is 3.60. The zero-order valence-corrected chi connectivity index (χ0v) is 27.1. The van der Waals surface area contributed by atoms with Gasteiger partial charge in [-0.15, -0.1) is 0 Å².